The van der Waals surface area contributed by atoms with Crippen LogP contribution in [0.1, 0.15) is 48.8 Å². The molecule has 9 nitrogen and oxygen atoms in total. The van der Waals surface area contributed by atoms with Gasteiger partial charge in [-0.2, -0.15) is 18.3 Å². The van der Waals surface area contributed by atoms with Gasteiger partial charge in [0.15, 0.2) is 11.4 Å². The van der Waals surface area contributed by atoms with Crippen molar-refractivity contribution in [3.05, 3.63) is 33.8 Å². The largest absolute Gasteiger partial charge is 0.477 e. The Morgan fingerprint density at radius 2 is 1.90 bits per heavy atom. The Bertz CT molecular complexity index is 978. The third-order valence-corrected chi connectivity index (χ3v) is 4.59. The molecule has 2 aromatic heterocycles. The number of carboxylic acid groups (broad SMARTS) is 1. The van der Waals surface area contributed by atoms with Gasteiger partial charge in [0.1, 0.15) is 11.6 Å². The van der Waals surface area contributed by atoms with Gasteiger partial charge in [-0.1, -0.05) is 0 Å². The number of thiophene rings is 1. The molecule has 0 aliphatic rings. The second-order valence-electron chi connectivity index (χ2n) is 7.49. The summed E-state index contributed by atoms with van der Waals surface area (Å²) in [5, 5.41) is 18.9. The molecule has 2 aromatic rings. The van der Waals surface area contributed by atoms with Crippen LogP contribution in [0.15, 0.2) is 17.5 Å². The van der Waals surface area contributed by atoms with Crippen LogP contribution < -0.4 is 10.6 Å². The predicted molar refractivity (Wildman–Crippen MR) is 104 cm³/mol. The molecular formula is C18H21F3N4O5S. The van der Waals surface area contributed by atoms with E-state index in [0.717, 1.165) is 11.3 Å². The number of carboxylic acids is 1. The maximum atomic E-state index is 12.9. The molecule has 2 rings (SSSR count). The van der Waals surface area contributed by atoms with Crippen molar-refractivity contribution in [3.8, 4) is 5.69 Å². The highest BCUT2D eigenvalue weighted by molar-refractivity contribution is 7.10. The summed E-state index contributed by atoms with van der Waals surface area (Å²) in [7, 11) is 0. The summed E-state index contributed by atoms with van der Waals surface area (Å²) in [6, 6.07) is 0.968. The van der Waals surface area contributed by atoms with Crippen LogP contribution in [0.4, 0.5) is 18.0 Å². The van der Waals surface area contributed by atoms with Gasteiger partial charge >= 0.3 is 18.2 Å². The fraction of sp³-hybridized carbons (Fsp3) is 0.444. The number of nitrogens with one attached hydrogen (secondary N) is 2. The Balaban J connectivity index is 2.04. The third kappa shape index (κ3) is 6.70. The van der Waals surface area contributed by atoms with Gasteiger partial charge in [-0.3, -0.25) is 4.79 Å². The highest BCUT2D eigenvalue weighted by Crippen LogP contribution is 2.30. The van der Waals surface area contributed by atoms with Crippen molar-refractivity contribution in [2.75, 3.05) is 0 Å². The number of hydrogen-bond donors (Lipinski definition) is 3. The molecule has 13 heteroatoms. The van der Waals surface area contributed by atoms with Crippen molar-refractivity contribution < 1.29 is 37.4 Å². The minimum atomic E-state index is -4.79. The maximum absolute atomic E-state index is 12.9. The number of halogens is 3. The average Bonchev–Trinajstić information content (AvgIpc) is 3.24. The zero-order valence-electron chi connectivity index (χ0n) is 17.0. The van der Waals surface area contributed by atoms with Gasteiger partial charge in [0.05, 0.1) is 12.2 Å². The number of aromatic nitrogens is 2. The molecule has 2 heterocycles. The van der Waals surface area contributed by atoms with Crippen molar-refractivity contribution in [2.45, 2.75) is 52.1 Å². The fourth-order valence-electron chi connectivity index (χ4n) is 2.32. The molecule has 2 amide bonds. The third-order valence-electron chi connectivity index (χ3n) is 3.67. The topological polar surface area (TPSA) is 123 Å². The highest BCUT2D eigenvalue weighted by atomic mass is 32.1. The molecule has 170 valence electrons. The van der Waals surface area contributed by atoms with E-state index in [-0.39, 0.29) is 12.2 Å². The number of ether oxygens (including phenoxy) is 1. The number of hydrogen-bond acceptors (Lipinski definition) is 6. The Hall–Kier alpha value is -3.09. The molecule has 31 heavy (non-hydrogen) atoms. The number of amides is 2. The first-order chi connectivity index (χ1) is 14.2. The van der Waals surface area contributed by atoms with Crippen LogP contribution in [-0.2, 0) is 22.3 Å². The van der Waals surface area contributed by atoms with Gasteiger partial charge in [0, 0.05) is 16.3 Å². The molecule has 0 aliphatic carbocycles. The van der Waals surface area contributed by atoms with E-state index in [1.807, 2.05) is 0 Å². The predicted octanol–water partition coefficient (Wildman–Crippen LogP) is 3.18. The lowest BCUT2D eigenvalue weighted by Gasteiger charge is -2.21. The summed E-state index contributed by atoms with van der Waals surface area (Å²) in [4.78, 5) is 35.7. The Morgan fingerprint density at radius 1 is 1.26 bits per heavy atom. The molecule has 1 atom stereocenters. The summed E-state index contributed by atoms with van der Waals surface area (Å²) in [5.74, 6) is -2.07. The molecule has 0 radical (unpaired) electrons. The van der Waals surface area contributed by atoms with Crippen LogP contribution in [0, 0.1) is 0 Å². The number of alkyl carbamates (subject to hydrolysis) is 1. The quantitative estimate of drug-likeness (QED) is 0.606. The first-order valence-corrected chi connectivity index (χ1v) is 9.81. The summed E-state index contributed by atoms with van der Waals surface area (Å²) < 4.78 is 44.4. The Morgan fingerprint density at radius 3 is 2.45 bits per heavy atom. The van der Waals surface area contributed by atoms with E-state index in [1.165, 1.54) is 18.4 Å². The van der Waals surface area contributed by atoms with Crippen LogP contribution in [0.25, 0.3) is 5.69 Å². The standard InChI is InChI=1S/C18H21F3N4O5S/c1-9(23-16(29)30-17(2,3)4)14(26)22-7-11-5-10(8-31-11)25-12(15(27)28)6-13(24-25)18(19,20)21/h5-6,8-9H,7H2,1-4H3,(H,22,26)(H,23,29)(H,27,28). The lowest BCUT2D eigenvalue weighted by atomic mass is 10.2. The van der Waals surface area contributed by atoms with Crippen molar-refractivity contribution in [3.63, 3.8) is 0 Å². The summed E-state index contributed by atoms with van der Waals surface area (Å²) in [5.41, 5.74) is -2.58. The molecule has 0 saturated carbocycles. The zero-order chi connectivity index (χ0) is 23.6. The van der Waals surface area contributed by atoms with Crippen LogP contribution in [0.5, 0.6) is 0 Å². The minimum absolute atomic E-state index is 0.0135. The van der Waals surface area contributed by atoms with Gasteiger partial charge in [-0.05, 0) is 33.8 Å². The lowest BCUT2D eigenvalue weighted by Crippen LogP contribution is -2.46. The van der Waals surface area contributed by atoms with Crippen LogP contribution in [0.3, 0.4) is 0 Å². The smallest absolute Gasteiger partial charge is 0.435 e. The maximum Gasteiger partial charge on any atom is 0.435 e. The Kier molecular flexibility index (Phi) is 6.99. The molecule has 0 aromatic carbocycles. The molecule has 0 saturated heterocycles. The van der Waals surface area contributed by atoms with Crippen molar-refractivity contribution in [1.29, 1.82) is 0 Å². The van der Waals surface area contributed by atoms with E-state index >= 15 is 0 Å². The number of aromatic carboxylic acids is 1. The molecule has 3 N–H and O–H groups in total. The van der Waals surface area contributed by atoms with Gasteiger partial charge in [0.2, 0.25) is 5.91 Å². The van der Waals surface area contributed by atoms with Gasteiger partial charge in [-0.25, -0.2) is 14.3 Å². The zero-order valence-corrected chi connectivity index (χ0v) is 17.8. The number of rotatable bonds is 6. The lowest BCUT2D eigenvalue weighted by molar-refractivity contribution is -0.141. The monoisotopic (exact) mass is 462 g/mol. The number of carbonyl (C=O) groups is 3. The van der Waals surface area contributed by atoms with E-state index in [4.69, 9.17) is 9.84 Å². The van der Waals surface area contributed by atoms with Crippen LogP contribution in [0.2, 0.25) is 0 Å². The van der Waals surface area contributed by atoms with Crippen molar-refractivity contribution in [1.82, 2.24) is 20.4 Å². The highest BCUT2D eigenvalue weighted by Gasteiger charge is 2.36. The van der Waals surface area contributed by atoms with E-state index in [0.29, 0.717) is 15.6 Å². The normalized spacial score (nSPS) is 12.9. The van der Waals surface area contributed by atoms with E-state index in [2.05, 4.69) is 15.7 Å². The van der Waals surface area contributed by atoms with Gasteiger partial charge < -0.3 is 20.5 Å². The molecular weight excluding hydrogens is 441 g/mol. The molecule has 0 aliphatic heterocycles. The fourth-order valence-corrected chi connectivity index (χ4v) is 3.10. The number of nitrogens with zero attached hydrogens (tertiary/aromatic N) is 2. The average molecular weight is 462 g/mol. The van der Waals surface area contributed by atoms with E-state index in [9.17, 15) is 27.6 Å². The second kappa shape index (κ2) is 8.96. The van der Waals surface area contributed by atoms with E-state index in [1.54, 1.807) is 20.8 Å². The summed E-state index contributed by atoms with van der Waals surface area (Å²) in [6.45, 7) is 6.51. The molecule has 0 fully saturated rings. The number of alkyl halides is 3. The summed E-state index contributed by atoms with van der Waals surface area (Å²) >= 11 is 1.10. The Labute approximate surface area is 179 Å². The molecule has 1 unspecified atom stereocenters. The summed E-state index contributed by atoms with van der Waals surface area (Å²) in [6.07, 6.45) is -5.55. The molecule has 0 spiro atoms. The minimum Gasteiger partial charge on any atom is -0.477 e. The van der Waals surface area contributed by atoms with Crippen LogP contribution >= 0.6 is 11.3 Å². The first kappa shape index (κ1) is 24.2. The van der Waals surface area contributed by atoms with Crippen molar-refractivity contribution in [2.24, 2.45) is 0 Å². The second-order valence-corrected chi connectivity index (χ2v) is 8.48. The van der Waals surface area contributed by atoms with Crippen LogP contribution in [-0.4, -0.2) is 44.5 Å². The number of carbonyl (C=O) groups excluding carboxylic acids is 2. The first-order valence-electron chi connectivity index (χ1n) is 8.93. The van der Waals surface area contributed by atoms with Crippen molar-refractivity contribution >= 4 is 29.3 Å². The van der Waals surface area contributed by atoms with Gasteiger partial charge in [-0.15, -0.1) is 11.3 Å². The van der Waals surface area contributed by atoms with Gasteiger partial charge in [0.25, 0.3) is 0 Å². The SMILES string of the molecule is CC(NC(=O)OC(C)(C)C)C(=O)NCc1cc(-n2nc(C(F)(F)F)cc2C(=O)O)cs1. The molecule has 0 bridgehead atoms. The van der Waals surface area contributed by atoms with E-state index < -0.39 is 47.2 Å².